The lowest BCUT2D eigenvalue weighted by molar-refractivity contribution is -0.143. The summed E-state index contributed by atoms with van der Waals surface area (Å²) in [7, 11) is 1.47. The molecule has 2 aromatic rings. The maximum Gasteiger partial charge on any atom is 0.325 e. The normalized spacial score (nSPS) is 17.3. The average molecular weight is 373 g/mol. The monoisotopic (exact) mass is 373 g/mol. The Labute approximate surface area is 158 Å². The van der Waals surface area contributed by atoms with Crippen LogP contribution in [0.5, 0.6) is 5.75 Å². The second kappa shape index (κ2) is 8.92. The lowest BCUT2D eigenvalue weighted by Gasteiger charge is -2.29. The SMILES string of the molecule is COc1ccc(F)cc1C(C(=O)O)N1CCCN(Cc2ccncc2)CC1. The van der Waals surface area contributed by atoms with Crippen LogP contribution >= 0.6 is 0 Å². The van der Waals surface area contributed by atoms with Crippen LogP contribution in [-0.4, -0.2) is 59.1 Å². The molecule has 144 valence electrons. The summed E-state index contributed by atoms with van der Waals surface area (Å²) >= 11 is 0. The van der Waals surface area contributed by atoms with Gasteiger partial charge in [0.25, 0.3) is 0 Å². The van der Waals surface area contributed by atoms with Gasteiger partial charge >= 0.3 is 5.97 Å². The second-order valence-corrected chi connectivity index (χ2v) is 6.65. The zero-order valence-electron chi connectivity index (χ0n) is 15.3. The van der Waals surface area contributed by atoms with Gasteiger partial charge < -0.3 is 9.84 Å². The highest BCUT2D eigenvalue weighted by Crippen LogP contribution is 2.31. The third-order valence-corrected chi connectivity index (χ3v) is 4.86. The van der Waals surface area contributed by atoms with Gasteiger partial charge in [-0.3, -0.25) is 19.6 Å². The standard InChI is InChI=1S/C20H24FN3O3/c1-27-18-4-3-16(21)13-17(18)19(20(25)26)24-10-2-9-23(11-12-24)14-15-5-7-22-8-6-15/h3-8,13,19H,2,9-12,14H2,1H3,(H,25,26). The Balaban J connectivity index is 1.76. The Morgan fingerprint density at radius 3 is 2.70 bits per heavy atom. The Hall–Kier alpha value is -2.51. The van der Waals surface area contributed by atoms with Crippen molar-refractivity contribution < 1.29 is 19.0 Å². The number of benzene rings is 1. The number of aliphatic carboxylic acids is 1. The number of rotatable bonds is 6. The van der Waals surface area contributed by atoms with Crippen LogP contribution in [0.2, 0.25) is 0 Å². The van der Waals surface area contributed by atoms with Gasteiger partial charge in [0.15, 0.2) is 0 Å². The van der Waals surface area contributed by atoms with Crippen LogP contribution in [-0.2, 0) is 11.3 Å². The number of nitrogens with zero attached hydrogens (tertiary/aromatic N) is 3. The molecule has 1 atom stereocenters. The highest BCUT2D eigenvalue weighted by Gasteiger charge is 2.31. The van der Waals surface area contributed by atoms with E-state index in [2.05, 4.69) is 9.88 Å². The molecule has 0 bridgehead atoms. The van der Waals surface area contributed by atoms with Crippen LogP contribution in [0.4, 0.5) is 4.39 Å². The first-order chi connectivity index (χ1) is 13.1. The predicted molar refractivity (Wildman–Crippen MR) is 99.0 cm³/mol. The van der Waals surface area contributed by atoms with E-state index >= 15 is 0 Å². The van der Waals surface area contributed by atoms with Crippen molar-refractivity contribution >= 4 is 5.97 Å². The van der Waals surface area contributed by atoms with E-state index in [0.29, 0.717) is 24.4 Å². The van der Waals surface area contributed by atoms with Gasteiger partial charge in [-0.1, -0.05) is 0 Å². The minimum absolute atomic E-state index is 0.354. The summed E-state index contributed by atoms with van der Waals surface area (Å²) in [6, 6.07) is 7.06. The summed E-state index contributed by atoms with van der Waals surface area (Å²) in [5.74, 6) is -1.07. The average Bonchev–Trinajstić information content (AvgIpc) is 2.88. The van der Waals surface area contributed by atoms with Gasteiger partial charge in [-0.05, 0) is 48.9 Å². The van der Waals surface area contributed by atoms with Crippen molar-refractivity contribution in [1.29, 1.82) is 0 Å². The minimum Gasteiger partial charge on any atom is -0.496 e. The molecule has 0 amide bonds. The van der Waals surface area contributed by atoms with Gasteiger partial charge in [0.05, 0.1) is 7.11 Å². The topological polar surface area (TPSA) is 65.9 Å². The molecular formula is C20H24FN3O3. The molecule has 0 aliphatic carbocycles. The number of carbonyl (C=O) groups is 1. The first kappa shape index (κ1) is 19.3. The van der Waals surface area contributed by atoms with Gasteiger partial charge in [-0.15, -0.1) is 0 Å². The summed E-state index contributed by atoms with van der Waals surface area (Å²) in [4.78, 5) is 20.3. The third kappa shape index (κ3) is 4.81. The van der Waals surface area contributed by atoms with Gasteiger partial charge in [0.1, 0.15) is 17.6 Å². The van der Waals surface area contributed by atoms with Gasteiger partial charge in [-0.2, -0.15) is 0 Å². The van der Waals surface area contributed by atoms with Gasteiger partial charge in [0, 0.05) is 44.1 Å². The first-order valence-electron chi connectivity index (χ1n) is 9.00. The fourth-order valence-corrected chi connectivity index (χ4v) is 3.56. The fourth-order valence-electron chi connectivity index (χ4n) is 3.56. The minimum atomic E-state index is -0.999. The molecule has 0 radical (unpaired) electrons. The molecule has 2 heterocycles. The van der Waals surface area contributed by atoms with E-state index < -0.39 is 17.8 Å². The largest absolute Gasteiger partial charge is 0.496 e. The summed E-state index contributed by atoms with van der Waals surface area (Å²) in [6.07, 6.45) is 4.39. The molecule has 1 saturated heterocycles. The van der Waals surface area contributed by atoms with Gasteiger partial charge in [0.2, 0.25) is 0 Å². The maximum absolute atomic E-state index is 13.8. The zero-order valence-corrected chi connectivity index (χ0v) is 15.3. The molecule has 0 saturated carbocycles. The predicted octanol–water partition coefficient (Wildman–Crippen LogP) is 2.56. The molecule has 3 rings (SSSR count). The number of ether oxygens (including phenoxy) is 1. The summed E-state index contributed by atoms with van der Waals surface area (Å²) < 4.78 is 19.1. The molecular weight excluding hydrogens is 349 g/mol. The van der Waals surface area contributed by atoms with Crippen molar-refractivity contribution in [3.63, 3.8) is 0 Å². The van der Waals surface area contributed by atoms with Crippen molar-refractivity contribution in [3.05, 3.63) is 59.7 Å². The number of halogens is 1. The quantitative estimate of drug-likeness (QED) is 0.840. The number of methoxy groups -OCH3 is 1. The van der Waals surface area contributed by atoms with Crippen molar-refractivity contribution in [3.8, 4) is 5.75 Å². The lowest BCUT2D eigenvalue weighted by Crippen LogP contribution is -2.37. The van der Waals surface area contributed by atoms with Crippen LogP contribution < -0.4 is 4.74 Å². The van der Waals surface area contributed by atoms with E-state index in [0.717, 1.165) is 26.1 Å². The van der Waals surface area contributed by atoms with E-state index in [4.69, 9.17) is 4.74 Å². The maximum atomic E-state index is 13.8. The Kier molecular flexibility index (Phi) is 6.36. The molecule has 1 unspecified atom stereocenters. The van der Waals surface area contributed by atoms with E-state index in [1.54, 1.807) is 12.4 Å². The molecule has 1 aliphatic heterocycles. The molecule has 0 spiro atoms. The number of pyridine rings is 1. The highest BCUT2D eigenvalue weighted by molar-refractivity contribution is 5.76. The Bertz CT molecular complexity index is 772. The van der Waals surface area contributed by atoms with Crippen LogP contribution in [0.3, 0.4) is 0 Å². The summed E-state index contributed by atoms with van der Waals surface area (Å²) in [5, 5.41) is 9.84. The van der Waals surface area contributed by atoms with Crippen LogP contribution in [0.15, 0.2) is 42.7 Å². The molecule has 7 heteroatoms. The van der Waals surface area contributed by atoms with Crippen LogP contribution in [0.1, 0.15) is 23.6 Å². The third-order valence-electron chi connectivity index (χ3n) is 4.86. The number of carboxylic acids is 1. The Morgan fingerprint density at radius 2 is 2.00 bits per heavy atom. The number of carboxylic acid groups (broad SMARTS) is 1. The number of hydrogen-bond acceptors (Lipinski definition) is 5. The highest BCUT2D eigenvalue weighted by atomic mass is 19.1. The van der Waals surface area contributed by atoms with E-state index in [9.17, 15) is 14.3 Å². The molecule has 6 nitrogen and oxygen atoms in total. The summed E-state index contributed by atoms with van der Waals surface area (Å²) in [6.45, 7) is 3.64. The van der Waals surface area contributed by atoms with E-state index in [1.165, 1.54) is 30.9 Å². The molecule has 1 aromatic carbocycles. The summed E-state index contributed by atoms with van der Waals surface area (Å²) in [5.41, 5.74) is 1.53. The molecule has 1 aliphatic rings. The van der Waals surface area contributed by atoms with Gasteiger partial charge in [-0.25, -0.2) is 4.39 Å². The van der Waals surface area contributed by atoms with Crippen molar-refractivity contribution in [1.82, 2.24) is 14.8 Å². The lowest BCUT2D eigenvalue weighted by atomic mass is 10.0. The van der Waals surface area contributed by atoms with Crippen LogP contribution in [0.25, 0.3) is 0 Å². The zero-order chi connectivity index (χ0) is 19.2. The molecule has 1 N–H and O–H groups in total. The van der Waals surface area contributed by atoms with Crippen LogP contribution in [0, 0.1) is 5.82 Å². The van der Waals surface area contributed by atoms with E-state index in [1.807, 2.05) is 17.0 Å². The fraction of sp³-hybridized carbons (Fsp3) is 0.400. The van der Waals surface area contributed by atoms with E-state index in [-0.39, 0.29) is 0 Å². The van der Waals surface area contributed by atoms with Crippen molar-refractivity contribution in [2.24, 2.45) is 0 Å². The van der Waals surface area contributed by atoms with Crippen molar-refractivity contribution in [2.75, 3.05) is 33.3 Å². The van der Waals surface area contributed by atoms with Crippen molar-refractivity contribution in [2.45, 2.75) is 19.0 Å². The number of aromatic nitrogens is 1. The Morgan fingerprint density at radius 1 is 1.22 bits per heavy atom. The molecule has 1 aromatic heterocycles. The smallest absolute Gasteiger partial charge is 0.325 e. The second-order valence-electron chi connectivity index (χ2n) is 6.65. The molecule has 1 fully saturated rings. The molecule has 27 heavy (non-hydrogen) atoms. The number of hydrogen-bond donors (Lipinski definition) is 1. The first-order valence-corrected chi connectivity index (χ1v) is 9.00.